The van der Waals surface area contributed by atoms with Gasteiger partial charge in [-0.05, 0) is 12.1 Å². The minimum absolute atomic E-state index is 0.0432. The summed E-state index contributed by atoms with van der Waals surface area (Å²) in [7, 11) is 0. The Kier molecular flexibility index (Phi) is 2.52. The van der Waals surface area contributed by atoms with Gasteiger partial charge in [0.15, 0.2) is 0 Å². The smallest absolute Gasteiger partial charge is 0.342 e. The maximum Gasteiger partial charge on any atom is 0.342 e. The molecule has 0 aliphatic heterocycles. The molecule has 0 fully saturated rings. The molecule has 0 unspecified atom stereocenters. The zero-order valence-corrected chi connectivity index (χ0v) is 6.80. The van der Waals surface area contributed by atoms with E-state index in [4.69, 9.17) is 10.6 Å². The number of nitrogens with one attached hydrogen (secondary N) is 1. The van der Waals surface area contributed by atoms with Crippen LogP contribution in [0.25, 0.3) is 0 Å². The Balaban J connectivity index is 3.38. The van der Waals surface area contributed by atoms with Gasteiger partial charge < -0.3 is 5.11 Å². The molecule has 0 saturated carbocycles. The molecule has 7 heteroatoms. The van der Waals surface area contributed by atoms with Gasteiger partial charge in [-0.1, -0.05) is 0 Å². The lowest BCUT2D eigenvalue weighted by Gasteiger charge is -1.97. The molecule has 0 aromatic heterocycles. The normalized spacial score (nSPS) is 9.43. The fourth-order valence-electron chi connectivity index (χ4n) is 0.921. The summed E-state index contributed by atoms with van der Waals surface area (Å²) in [5.41, 5.74) is 5.68. The molecule has 0 amide bonds. The number of hydrogen-bond acceptors (Lipinski definition) is 5. The number of nitro benzene ring substituents is 1. The second kappa shape index (κ2) is 3.60. The van der Waals surface area contributed by atoms with Crippen LogP contribution in [0.1, 0.15) is 10.4 Å². The second-order valence-corrected chi connectivity index (χ2v) is 2.38. The number of carbonyl (C=O) groups is 1. The van der Waals surface area contributed by atoms with Crippen LogP contribution in [-0.2, 0) is 0 Å². The van der Waals surface area contributed by atoms with Crippen LogP contribution in [0.2, 0.25) is 0 Å². The van der Waals surface area contributed by atoms with Crippen molar-refractivity contribution in [2.24, 2.45) is 5.11 Å². The lowest BCUT2D eigenvalue weighted by molar-refractivity contribution is -0.385. The zero-order valence-electron chi connectivity index (χ0n) is 6.80. The molecule has 72 valence electrons. The molecular formula is C7H5N3O4. The maximum absolute atomic E-state index is 10.5. The van der Waals surface area contributed by atoms with E-state index in [2.05, 4.69) is 5.11 Å². The van der Waals surface area contributed by atoms with Gasteiger partial charge in [-0.15, -0.1) is 0 Å². The molecule has 2 N–H and O–H groups in total. The quantitative estimate of drug-likeness (QED) is 0.435. The number of nitro groups is 1. The first-order valence-corrected chi connectivity index (χ1v) is 3.45. The van der Waals surface area contributed by atoms with E-state index in [9.17, 15) is 14.9 Å². The van der Waals surface area contributed by atoms with E-state index in [0.29, 0.717) is 0 Å². The molecule has 0 radical (unpaired) electrons. The van der Waals surface area contributed by atoms with Crippen LogP contribution in [0.3, 0.4) is 0 Å². The lowest BCUT2D eigenvalue weighted by atomic mass is 10.1. The van der Waals surface area contributed by atoms with Crippen molar-refractivity contribution in [1.82, 2.24) is 0 Å². The third-order valence-electron chi connectivity index (χ3n) is 1.54. The topological polar surface area (TPSA) is 117 Å². The van der Waals surface area contributed by atoms with Crippen LogP contribution in [-0.4, -0.2) is 16.0 Å². The molecule has 0 atom stereocenters. The molecule has 0 aliphatic rings. The van der Waals surface area contributed by atoms with Crippen molar-refractivity contribution in [3.05, 3.63) is 33.9 Å². The van der Waals surface area contributed by atoms with E-state index in [-0.39, 0.29) is 5.69 Å². The molecule has 1 aromatic carbocycles. The van der Waals surface area contributed by atoms with Crippen molar-refractivity contribution in [3.63, 3.8) is 0 Å². The van der Waals surface area contributed by atoms with Crippen LogP contribution in [0.5, 0.6) is 0 Å². The van der Waals surface area contributed by atoms with Gasteiger partial charge in [0.2, 0.25) is 0 Å². The summed E-state index contributed by atoms with van der Waals surface area (Å²) < 4.78 is 0. The number of carboxylic acid groups (broad SMARTS) is 1. The SMILES string of the molecule is N=Nc1ccc(C(=O)O)c([N+](=O)[O-])c1. The first kappa shape index (κ1) is 9.78. The highest BCUT2D eigenvalue weighted by molar-refractivity contribution is 5.92. The number of aromatic carboxylic acids is 1. The summed E-state index contributed by atoms with van der Waals surface area (Å²) in [6.45, 7) is 0. The average Bonchev–Trinajstić information content (AvgIpc) is 2.16. The molecule has 0 heterocycles. The van der Waals surface area contributed by atoms with E-state index in [1.54, 1.807) is 0 Å². The van der Waals surface area contributed by atoms with Crippen LogP contribution < -0.4 is 0 Å². The molecule has 0 aliphatic carbocycles. The van der Waals surface area contributed by atoms with E-state index in [1.807, 2.05) is 0 Å². The van der Waals surface area contributed by atoms with Gasteiger partial charge in [0, 0.05) is 6.07 Å². The molecule has 0 saturated heterocycles. The summed E-state index contributed by atoms with van der Waals surface area (Å²) in [4.78, 5) is 20.2. The number of benzene rings is 1. The standard InChI is InChI=1S/C7H5N3O4/c8-9-4-1-2-5(7(11)12)6(3-4)10(13)14/h1-3,8H,(H,11,12). The molecule has 1 aromatic rings. The molecule has 1 rings (SSSR count). The number of carboxylic acids is 1. The summed E-state index contributed by atoms with van der Waals surface area (Å²) >= 11 is 0. The van der Waals surface area contributed by atoms with E-state index < -0.39 is 22.1 Å². The summed E-state index contributed by atoms with van der Waals surface area (Å²) in [5.74, 6) is -1.38. The van der Waals surface area contributed by atoms with Gasteiger partial charge in [-0.2, -0.15) is 5.11 Å². The molecule has 0 bridgehead atoms. The minimum atomic E-state index is -1.38. The van der Waals surface area contributed by atoms with Crippen LogP contribution in [0, 0.1) is 15.6 Å². The van der Waals surface area contributed by atoms with Gasteiger partial charge in [-0.25, -0.2) is 10.3 Å². The fourth-order valence-corrected chi connectivity index (χ4v) is 0.921. The first-order chi connectivity index (χ1) is 6.56. The Morgan fingerprint density at radius 2 is 2.21 bits per heavy atom. The highest BCUT2D eigenvalue weighted by Crippen LogP contribution is 2.24. The van der Waals surface area contributed by atoms with Crippen molar-refractivity contribution in [1.29, 1.82) is 5.53 Å². The highest BCUT2D eigenvalue weighted by Gasteiger charge is 2.19. The van der Waals surface area contributed by atoms with Crippen LogP contribution in [0.4, 0.5) is 11.4 Å². The zero-order chi connectivity index (χ0) is 10.7. The second-order valence-electron chi connectivity index (χ2n) is 2.38. The van der Waals surface area contributed by atoms with Gasteiger partial charge in [0.1, 0.15) is 5.56 Å². The Morgan fingerprint density at radius 1 is 1.57 bits per heavy atom. The average molecular weight is 195 g/mol. The minimum Gasteiger partial charge on any atom is -0.477 e. The first-order valence-electron chi connectivity index (χ1n) is 3.45. The monoisotopic (exact) mass is 195 g/mol. The fraction of sp³-hybridized carbons (Fsp3) is 0. The van der Waals surface area contributed by atoms with Gasteiger partial charge in [-0.3, -0.25) is 10.1 Å². The van der Waals surface area contributed by atoms with Crippen molar-refractivity contribution in [2.45, 2.75) is 0 Å². The third-order valence-corrected chi connectivity index (χ3v) is 1.54. The Hall–Kier alpha value is -2.31. The van der Waals surface area contributed by atoms with Gasteiger partial charge >= 0.3 is 5.97 Å². The van der Waals surface area contributed by atoms with Crippen molar-refractivity contribution >= 4 is 17.3 Å². The van der Waals surface area contributed by atoms with E-state index >= 15 is 0 Å². The van der Waals surface area contributed by atoms with Crippen molar-refractivity contribution < 1.29 is 14.8 Å². The predicted octanol–water partition coefficient (Wildman–Crippen LogP) is 1.96. The van der Waals surface area contributed by atoms with E-state index in [1.165, 1.54) is 6.07 Å². The van der Waals surface area contributed by atoms with Gasteiger partial charge in [0.25, 0.3) is 5.69 Å². The molecule has 0 spiro atoms. The number of hydrogen-bond donors (Lipinski definition) is 2. The number of nitrogens with zero attached hydrogens (tertiary/aromatic N) is 2. The van der Waals surface area contributed by atoms with Gasteiger partial charge in [0.05, 0.1) is 10.6 Å². The van der Waals surface area contributed by atoms with Crippen LogP contribution in [0.15, 0.2) is 23.3 Å². The lowest BCUT2D eigenvalue weighted by Crippen LogP contribution is -2.01. The van der Waals surface area contributed by atoms with Crippen molar-refractivity contribution in [3.8, 4) is 0 Å². The Labute approximate surface area is 77.6 Å². The predicted molar refractivity (Wildman–Crippen MR) is 44.9 cm³/mol. The highest BCUT2D eigenvalue weighted by atomic mass is 16.6. The Morgan fingerprint density at radius 3 is 2.64 bits per heavy atom. The van der Waals surface area contributed by atoms with E-state index in [0.717, 1.165) is 12.1 Å². The molecular weight excluding hydrogens is 190 g/mol. The third kappa shape index (κ3) is 1.71. The largest absolute Gasteiger partial charge is 0.477 e. The Bertz CT molecular complexity index is 415. The number of rotatable bonds is 3. The maximum atomic E-state index is 10.5. The molecule has 14 heavy (non-hydrogen) atoms. The van der Waals surface area contributed by atoms with Crippen LogP contribution >= 0.6 is 0 Å². The molecule has 7 nitrogen and oxygen atoms in total. The summed E-state index contributed by atoms with van der Waals surface area (Å²) in [6, 6.07) is 3.22. The summed E-state index contributed by atoms with van der Waals surface area (Å²) in [6.07, 6.45) is 0. The summed E-state index contributed by atoms with van der Waals surface area (Å²) in [5, 5.41) is 22.0. The van der Waals surface area contributed by atoms with Crippen molar-refractivity contribution in [2.75, 3.05) is 0 Å².